The number of ketones is 1. The molecule has 2 N–H and O–H groups in total. The van der Waals surface area contributed by atoms with Gasteiger partial charge >= 0.3 is 6.09 Å². The highest BCUT2D eigenvalue weighted by molar-refractivity contribution is 5.91. The number of carboxylic acid groups (broad SMARTS) is 1. The van der Waals surface area contributed by atoms with Gasteiger partial charge in [0.05, 0.1) is 11.6 Å². The van der Waals surface area contributed by atoms with Crippen molar-refractivity contribution < 1.29 is 19.5 Å². The normalized spacial score (nSPS) is 26.6. The minimum absolute atomic E-state index is 0.218. The van der Waals surface area contributed by atoms with E-state index in [1.165, 1.54) is 6.92 Å². The third kappa shape index (κ3) is 4.00. The molecule has 2 amide bonds. The number of hydrogen-bond acceptors (Lipinski definition) is 4. The van der Waals surface area contributed by atoms with Gasteiger partial charge in [0, 0.05) is 19.3 Å². The molecule has 7 heteroatoms. The van der Waals surface area contributed by atoms with Crippen LogP contribution in [0.15, 0.2) is 12.2 Å². The lowest BCUT2D eigenvalue weighted by Crippen LogP contribution is -2.72. The van der Waals surface area contributed by atoms with Crippen LogP contribution in [0.3, 0.4) is 0 Å². The molecule has 27 heavy (non-hydrogen) atoms. The van der Waals surface area contributed by atoms with E-state index in [0.29, 0.717) is 6.42 Å². The molecule has 0 aromatic heterocycles. The van der Waals surface area contributed by atoms with Crippen molar-refractivity contribution in [2.45, 2.75) is 78.4 Å². The quantitative estimate of drug-likeness (QED) is 0.691. The van der Waals surface area contributed by atoms with Crippen molar-refractivity contribution in [2.24, 2.45) is 11.3 Å². The van der Waals surface area contributed by atoms with Crippen LogP contribution < -0.4 is 5.32 Å². The van der Waals surface area contributed by atoms with Crippen molar-refractivity contribution in [3.05, 3.63) is 12.2 Å². The first-order valence-electron chi connectivity index (χ1n) is 9.33. The second kappa shape index (κ2) is 8.55. The number of nitriles is 1. The van der Waals surface area contributed by atoms with Crippen molar-refractivity contribution >= 4 is 17.8 Å². The highest BCUT2D eigenvalue weighted by atomic mass is 16.4. The van der Waals surface area contributed by atoms with E-state index < -0.39 is 35.0 Å². The molecule has 0 bridgehead atoms. The van der Waals surface area contributed by atoms with Crippen molar-refractivity contribution in [3.63, 3.8) is 0 Å². The van der Waals surface area contributed by atoms with Crippen LogP contribution in [0, 0.1) is 22.7 Å². The zero-order valence-corrected chi connectivity index (χ0v) is 17.1. The van der Waals surface area contributed by atoms with E-state index in [1.54, 1.807) is 6.08 Å². The Labute approximate surface area is 161 Å². The smallest absolute Gasteiger partial charge is 0.408 e. The molecule has 1 aliphatic rings. The molecule has 1 saturated heterocycles. The van der Waals surface area contributed by atoms with E-state index in [4.69, 9.17) is 0 Å². The van der Waals surface area contributed by atoms with Gasteiger partial charge in [-0.15, -0.1) is 0 Å². The molecule has 1 heterocycles. The molecular formula is C20H31N3O4. The second-order valence-electron chi connectivity index (χ2n) is 8.09. The van der Waals surface area contributed by atoms with Gasteiger partial charge in [-0.2, -0.15) is 5.26 Å². The Morgan fingerprint density at radius 1 is 1.41 bits per heavy atom. The van der Waals surface area contributed by atoms with E-state index in [0.717, 1.165) is 4.90 Å². The van der Waals surface area contributed by atoms with Crippen molar-refractivity contribution in [2.75, 3.05) is 0 Å². The molecule has 7 nitrogen and oxygen atoms in total. The monoisotopic (exact) mass is 377 g/mol. The standard InChI is InChI=1S/C20H31N3O4/c1-7-9-14-11-15(12-21)23(18(26)27)20(14,19(4,5)6)17(22-13(3)24)16(25)10-8-2/h7,9,14-15,17H,8,10-11H2,1-6H3,(H,22,24)(H,26,27)/t14-,15-,17+,20+/m1/s1. The maximum Gasteiger partial charge on any atom is 0.408 e. The predicted molar refractivity (Wildman–Crippen MR) is 102 cm³/mol. The molecule has 150 valence electrons. The summed E-state index contributed by atoms with van der Waals surface area (Å²) in [7, 11) is 0. The molecule has 1 aliphatic heterocycles. The number of hydrogen-bond donors (Lipinski definition) is 2. The largest absolute Gasteiger partial charge is 0.465 e. The first-order valence-corrected chi connectivity index (χ1v) is 9.33. The summed E-state index contributed by atoms with van der Waals surface area (Å²) in [4.78, 5) is 38.5. The number of nitrogens with zero attached hydrogens (tertiary/aromatic N) is 2. The Balaban J connectivity index is 3.87. The lowest BCUT2D eigenvalue weighted by atomic mass is 9.61. The number of allylic oxidation sites excluding steroid dienone is 1. The number of amides is 2. The number of carbonyl (C=O) groups is 3. The van der Waals surface area contributed by atoms with Gasteiger partial charge in [-0.3, -0.25) is 14.5 Å². The molecule has 0 aliphatic carbocycles. The fraction of sp³-hybridized carbons (Fsp3) is 0.700. The Morgan fingerprint density at radius 3 is 2.37 bits per heavy atom. The predicted octanol–water partition coefficient (Wildman–Crippen LogP) is 3.11. The van der Waals surface area contributed by atoms with Gasteiger partial charge in [-0.05, 0) is 25.2 Å². The molecule has 0 unspecified atom stereocenters. The molecule has 1 rings (SSSR count). The van der Waals surface area contributed by atoms with Gasteiger partial charge < -0.3 is 10.4 Å². The third-order valence-electron chi connectivity index (χ3n) is 5.34. The highest BCUT2D eigenvalue weighted by Crippen LogP contribution is 2.53. The van der Waals surface area contributed by atoms with Crippen molar-refractivity contribution in [1.82, 2.24) is 10.2 Å². The van der Waals surface area contributed by atoms with Crippen LogP contribution in [0.25, 0.3) is 0 Å². The average molecular weight is 377 g/mol. The summed E-state index contributed by atoms with van der Waals surface area (Å²) in [5, 5.41) is 22.4. The second-order valence-corrected chi connectivity index (χ2v) is 8.09. The van der Waals surface area contributed by atoms with Crippen LogP contribution in [0.4, 0.5) is 4.79 Å². The highest BCUT2D eigenvalue weighted by Gasteiger charge is 2.66. The third-order valence-corrected chi connectivity index (χ3v) is 5.34. The first kappa shape index (κ1) is 22.7. The number of nitrogens with one attached hydrogen (secondary N) is 1. The van der Waals surface area contributed by atoms with Gasteiger partial charge in [0.25, 0.3) is 0 Å². The number of rotatable bonds is 6. The van der Waals surface area contributed by atoms with Gasteiger partial charge in [-0.25, -0.2) is 4.79 Å². The minimum atomic E-state index is -1.27. The van der Waals surface area contributed by atoms with E-state index in [9.17, 15) is 24.8 Å². The molecular weight excluding hydrogens is 346 g/mol. The van der Waals surface area contributed by atoms with Crippen LogP contribution in [0.5, 0.6) is 0 Å². The fourth-order valence-corrected chi connectivity index (χ4v) is 4.56. The van der Waals surface area contributed by atoms with Crippen LogP contribution in [-0.2, 0) is 9.59 Å². The molecule has 4 atom stereocenters. The summed E-state index contributed by atoms with van der Waals surface area (Å²) < 4.78 is 0. The van der Waals surface area contributed by atoms with Crippen molar-refractivity contribution in [3.8, 4) is 6.07 Å². The molecule has 0 aromatic rings. The summed E-state index contributed by atoms with van der Waals surface area (Å²) in [6, 6.07) is 0.146. The van der Waals surface area contributed by atoms with Crippen LogP contribution >= 0.6 is 0 Å². The Morgan fingerprint density at radius 2 is 2.00 bits per heavy atom. The molecule has 0 aromatic carbocycles. The Kier molecular flexibility index (Phi) is 7.18. The average Bonchev–Trinajstić information content (AvgIpc) is 2.88. The zero-order chi connectivity index (χ0) is 21.0. The summed E-state index contributed by atoms with van der Waals surface area (Å²) in [5.41, 5.74) is -2.00. The van der Waals surface area contributed by atoms with E-state index in [1.807, 2.05) is 40.7 Å². The zero-order valence-electron chi connectivity index (χ0n) is 17.1. The number of likely N-dealkylation sites (tertiary alicyclic amines) is 1. The lowest BCUT2D eigenvalue weighted by molar-refractivity contribution is -0.134. The molecule has 0 spiro atoms. The number of Topliss-reactive ketones (excluding diaryl/α,β-unsaturated/α-hetero) is 1. The van der Waals surface area contributed by atoms with Gasteiger partial charge in [0.2, 0.25) is 5.91 Å². The number of carbonyl (C=O) groups excluding carboxylic acids is 2. The fourth-order valence-electron chi connectivity index (χ4n) is 4.56. The van der Waals surface area contributed by atoms with Gasteiger partial charge in [0.15, 0.2) is 5.78 Å². The maximum absolute atomic E-state index is 13.1. The summed E-state index contributed by atoms with van der Waals surface area (Å²) in [5.74, 6) is -1.01. The topological polar surface area (TPSA) is 110 Å². The first-order chi connectivity index (χ1) is 12.5. The van der Waals surface area contributed by atoms with E-state index >= 15 is 0 Å². The summed E-state index contributed by atoms with van der Waals surface area (Å²) in [6.45, 7) is 10.6. The summed E-state index contributed by atoms with van der Waals surface area (Å²) >= 11 is 0. The van der Waals surface area contributed by atoms with Crippen LogP contribution in [0.1, 0.15) is 60.8 Å². The van der Waals surface area contributed by atoms with E-state index in [2.05, 4.69) is 11.4 Å². The summed E-state index contributed by atoms with van der Waals surface area (Å²) in [6.07, 6.45) is 3.48. The van der Waals surface area contributed by atoms with Gasteiger partial charge in [0.1, 0.15) is 12.1 Å². The molecule has 1 fully saturated rings. The van der Waals surface area contributed by atoms with Gasteiger partial charge in [-0.1, -0.05) is 39.8 Å². The molecule has 0 saturated carbocycles. The van der Waals surface area contributed by atoms with E-state index in [-0.39, 0.29) is 24.5 Å². The van der Waals surface area contributed by atoms with Crippen LogP contribution in [-0.4, -0.2) is 45.4 Å². The molecule has 0 radical (unpaired) electrons. The lowest BCUT2D eigenvalue weighted by Gasteiger charge is -2.54. The SMILES string of the molecule is CC=C[C@@H]1C[C@H](C#N)N(C(=O)O)[C@@]1([C@@H](NC(C)=O)C(=O)CCC)C(C)(C)C. The van der Waals surface area contributed by atoms with Crippen molar-refractivity contribution in [1.29, 1.82) is 5.26 Å². The van der Waals surface area contributed by atoms with Crippen LogP contribution in [0.2, 0.25) is 0 Å². The Hall–Kier alpha value is -2.36. The minimum Gasteiger partial charge on any atom is -0.465 e. The maximum atomic E-state index is 13.1. The Bertz CT molecular complexity index is 659.